The maximum absolute atomic E-state index is 12.3. The highest BCUT2D eigenvalue weighted by Crippen LogP contribution is 2.39. The van der Waals surface area contributed by atoms with Crippen LogP contribution in [0.2, 0.25) is 5.02 Å². The fourth-order valence-electron chi connectivity index (χ4n) is 4.94. The van der Waals surface area contributed by atoms with Crippen LogP contribution >= 0.6 is 34.2 Å². The Kier molecular flexibility index (Phi) is 9.92. The van der Waals surface area contributed by atoms with Crippen LogP contribution in [0.25, 0.3) is 10.9 Å². The molecule has 0 unspecified atom stereocenters. The predicted octanol–water partition coefficient (Wildman–Crippen LogP) is 4.75. The molecule has 1 aliphatic heterocycles. The van der Waals surface area contributed by atoms with Crippen LogP contribution in [-0.4, -0.2) is 59.5 Å². The summed E-state index contributed by atoms with van der Waals surface area (Å²) in [6.45, 7) is 4.49. The van der Waals surface area contributed by atoms with E-state index in [9.17, 15) is 19.2 Å². The second-order valence-electron chi connectivity index (χ2n) is 9.59. The van der Waals surface area contributed by atoms with E-state index in [1.54, 1.807) is 16.7 Å². The van der Waals surface area contributed by atoms with Crippen molar-refractivity contribution in [2.45, 2.75) is 64.8 Å². The van der Waals surface area contributed by atoms with Crippen molar-refractivity contribution < 1.29 is 42.9 Å². The van der Waals surface area contributed by atoms with E-state index < -0.39 is 54.5 Å². The number of halogens is 2. The Morgan fingerprint density at radius 2 is 1.46 bits per heavy atom. The number of hydrogen-bond donors (Lipinski definition) is 0. The number of ether oxygens (including phenoxy) is 5. The molecular formula is C29H29ClINO9. The minimum absolute atomic E-state index is 0.316. The standard InChI is InChI=1S/C29H29ClINO9/c1-15(33)37-14-24-26(38-16(2)34)27(39-17(3)35)28(40-18(4)36)29(41-24)32-13-20(12-19-8-10-21(31)11-9-19)25-22(30)6-5-7-23(25)32/h5-11,13,24,26-29H,12,14H2,1-4H3/t24-,26-,27+,28-,29-/m1/s1. The summed E-state index contributed by atoms with van der Waals surface area (Å²) >= 11 is 8.93. The van der Waals surface area contributed by atoms with E-state index in [4.69, 9.17) is 35.3 Å². The van der Waals surface area contributed by atoms with Crippen LogP contribution < -0.4 is 0 Å². The number of aromatic nitrogens is 1. The highest BCUT2D eigenvalue weighted by molar-refractivity contribution is 14.1. The largest absolute Gasteiger partial charge is 0.463 e. The van der Waals surface area contributed by atoms with Gasteiger partial charge >= 0.3 is 23.9 Å². The van der Waals surface area contributed by atoms with Crippen molar-refractivity contribution in [3.63, 3.8) is 0 Å². The van der Waals surface area contributed by atoms with E-state index >= 15 is 0 Å². The molecule has 1 saturated heterocycles. The highest BCUT2D eigenvalue weighted by Gasteiger charge is 2.53. The molecule has 10 nitrogen and oxygen atoms in total. The lowest BCUT2D eigenvalue weighted by molar-refractivity contribution is -0.267. The van der Waals surface area contributed by atoms with Crippen LogP contribution in [0.5, 0.6) is 0 Å². The molecule has 12 heteroatoms. The van der Waals surface area contributed by atoms with E-state index in [2.05, 4.69) is 22.6 Å². The van der Waals surface area contributed by atoms with Gasteiger partial charge in [-0.3, -0.25) is 19.2 Å². The normalized spacial score (nSPS) is 22.1. The van der Waals surface area contributed by atoms with Crippen LogP contribution in [0, 0.1) is 3.57 Å². The Hall–Kier alpha value is -3.16. The molecule has 0 bridgehead atoms. The van der Waals surface area contributed by atoms with Gasteiger partial charge < -0.3 is 28.3 Å². The van der Waals surface area contributed by atoms with Gasteiger partial charge in [-0.25, -0.2) is 0 Å². The van der Waals surface area contributed by atoms with Crippen LogP contribution in [0.3, 0.4) is 0 Å². The first-order chi connectivity index (χ1) is 19.4. The Balaban J connectivity index is 1.87. The van der Waals surface area contributed by atoms with Crippen molar-refractivity contribution in [1.82, 2.24) is 4.57 Å². The zero-order chi connectivity index (χ0) is 29.8. The topological polar surface area (TPSA) is 119 Å². The summed E-state index contributed by atoms with van der Waals surface area (Å²) in [6.07, 6.45) is -3.54. The van der Waals surface area contributed by atoms with Gasteiger partial charge in [0.1, 0.15) is 12.7 Å². The van der Waals surface area contributed by atoms with Gasteiger partial charge in [0.25, 0.3) is 0 Å². The molecule has 0 saturated carbocycles. The highest BCUT2D eigenvalue weighted by atomic mass is 127. The Labute approximate surface area is 255 Å². The van der Waals surface area contributed by atoms with Crippen molar-refractivity contribution in [3.05, 3.63) is 68.4 Å². The van der Waals surface area contributed by atoms with Gasteiger partial charge in [0.15, 0.2) is 24.5 Å². The van der Waals surface area contributed by atoms with Crippen molar-refractivity contribution >= 4 is 69.0 Å². The van der Waals surface area contributed by atoms with Gasteiger partial charge in [-0.2, -0.15) is 0 Å². The lowest BCUT2D eigenvalue weighted by Crippen LogP contribution is -2.60. The summed E-state index contributed by atoms with van der Waals surface area (Å²) in [7, 11) is 0. The third kappa shape index (κ3) is 7.38. The fraction of sp³-hybridized carbons (Fsp3) is 0.379. The van der Waals surface area contributed by atoms with E-state index in [0.717, 1.165) is 20.1 Å². The first kappa shape index (κ1) is 30.8. The van der Waals surface area contributed by atoms with E-state index in [1.165, 1.54) is 27.7 Å². The maximum atomic E-state index is 12.3. The summed E-state index contributed by atoms with van der Waals surface area (Å²) in [6, 6.07) is 13.5. The summed E-state index contributed by atoms with van der Waals surface area (Å²) in [5, 5.41) is 1.27. The second kappa shape index (κ2) is 13.2. The molecule has 1 fully saturated rings. The van der Waals surface area contributed by atoms with Crippen molar-refractivity contribution in [1.29, 1.82) is 0 Å². The van der Waals surface area contributed by atoms with Crippen LogP contribution in [0.4, 0.5) is 0 Å². The molecule has 0 radical (unpaired) electrons. The summed E-state index contributed by atoms with van der Waals surface area (Å²) in [5.74, 6) is -2.65. The number of hydrogen-bond acceptors (Lipinski definition) is 9. The molecule has 0 aliphatic carbocycles. The van der Waals surface area contributed by atoms with Crippen LogP contribution in [-0.2, 0) is 49.3 Å². The van der Waals surface area contributed by atoms with Crippen LogP contribution in [0.15, 0.2) is 48.7 Å². The summed E-state index contributed by atoms with van der Waals surface area (Å²) in [5.41, 5.74) is 2.59. The minimum Gasteiger partial charge on any atom is -0.463 e. The summed E-state index contributed by atoms with van der Waals surface area (Å²) < 4.78 is 31.2. The zero-order valence-corrected chi connectivity index (χ0v) is 25.7. The average Bonchev–Trinajstić information content (AvgIpc) is 3.25. The van der Waals surface area contributed by atoms with Gasteiger partial charge in [-0.15, -0.1) is 0 Å². The number of carbonyl (C=O) groups is 4. The smallest absolute Gasteiger partial charge is 0.303 e. The molecule has 3 aromatic rings. The number of benzene rings is 2. The second-order valence-corrected chi connectivity index (χ2v) is 11.2. The molecule has 1 aromatic heterocycles. The van der Waals surface area contributed by atoms with Crippen LogP contribution in [0.1, 0.15) is 45.0 Å². The third-order valence-corrected chi connectivity index (χ3v) is 7.47. The first-order valence-electron chi connectivity index (χ1n) is 12.8. The van der Waals surface area contributed by atoms with E-state index in [0.29, 0.717) is 17.0 Å². The van der Waals surface area contributed by atoms with Gasteiger partial charge in [0.2, 0.25) is 0 Å². The molecule has 41 heavy (non-hydrogen) atoms. The van der Waals surface area contributed by atoms with Crippen molar-refractivity contribution in [2.24, 2.45) is 0 Å². The lowest BCUT2D eigenvalue weighted by Gasteiger charge is -2.44. The maximum Gasteiger partial charge on any atom is 0.303 e. The minimum atomic E-state index is -1.28. The average molecular weight is 698 g/mol. The lowest BCUT2D eigenvalue weighted by atomic mass is 9.97. The molecule has 5 atom stereocenters. The molecule has 2 aromatic carbocycles. The van der Waals surface area contributed by atoms with Crippen molar-refractivity contribution in [2.75, 3.05) is 6.61 Å². The molecule has 218 valence electrons. The third-order valence-electron chi connectivity index (χ3n) is 6.43. The van der Waals surface area contributed by atoms with E-state index in [1.807, 2.05) is 36.5 Å². The number of esters is 4. The SMILES string of the molecule is CC(=O)OC[C@H]1O[C@@H](n2cc(Cc3ccc(I)cc3)c3c(Cl)cccc32)[C@H](OC(C)=O)[C@@H](OC(C)=O)[C@@H]1OC(C)=O. The van der Waals surface area contributed by atoms with E-state index in [-0.39, 0.29) is 6.61 Å². The molecule has 0 N–H and O–H groups in total. The molecule has 2 heterocycles. The number of rotatable bonds is 8. The zero-order valence-electron chi connectivity index (χ0n) is 22.8. The molecule has 0 spiro atoms. The van der Waals surface area contributed by atoms with Gasteiger partial charge in [-0.05, 0) is 64.4 Å². The molecule has 0 amide bonds. The number of nitrogens with zero attached hydrogens (tertiary/aromatic N) is 1. The Morgan fingerprint density at radius 3 is 2.07 bits per heavy atom. The quantitative estimate of drug-likeness (QED) is 0.187. The van der Waals surface area contributed by atoms with Gasteiger partial charge in [0.05, 0.1) is 10.5 Å². The monoisotopic (exact) mass is 697 g/mol. The fourth-order valence-corrected chi connectivity index (χ4v) is 5.59. The predicted molar refractivity (Wildman–Crippen MR) is 156 cm³/mol. The summed E-state index contributed by atoms with van der Waals surface area (Å²) in [4.78, 5) is 48.3. The van der Waals surface area contributed by atoms with Gasteiger partial charge in [-0.1, -0.05) is 29.8 Å². The van der Waals surface area contributed by atoms with Crippen molar-refractivity contribution in [3.8, 4) is 0 Å². The molecule has 4 rings (SSSR count). The first-order valence-corrected chi connectivity index (χ1v) is 14.2. The number of carbonyl (C=O) groups excluding carboxylic acids is 4. The molecule has 1 aliphatic rings. The Morgan fingerprint density at radius 1 is 0.854 bits per heavy atom. The van der Waals surface area contributed by atoms with Gasteiger partial charge in [0, 0.05) is 42.8 Å². The Bertz CT molecular complexity index is 1450. The number of fused-ring (bicyclic) bond motifs is 1. The molecular weight excluding hydrogens is 669 g/mol.